The van der Waals surface area contributed by atoms with E-state index in [0.717, 1.165) is 85.0 Å². The summed E-state index contributed by atoms with van der Waals surface area (Å²) in [6.07, 6.45) is 9.18. The molecule has 6 heterocycles. The minimum atomic E-state index is 0.0246. The Morgan fingerprint density at radius 3 is 1.78 bits per heavy atom. The third-order valence-electron chi connectivity index (χ3n) is 11.9. The van der Waals surface area contributed by atoms with Crippen LogP contribution in [0.25, 0.3) is 43.6 Å². The quantitative estimate of drug-likeness (QED) is 0.111. The Morgan fingerprint density at radius 2 is 1.16 bits per heavy atom. The third-order valence-corrected chi connectivity index (χ3v) is 12.5. The first-order valence-electron chi connectivity index (χ1n) is 22.0. The number of phenolic OH excluding ortho intramolecular Hbond substituents is 1. The van der Waals surface area contributed by atoms with E-state index in [2.05, 4.69) is 58.9 Å². The maximum absolute atomic E-state index is 9.46. The van der Waals surface area contributed by atoms with Gasteiger partial charge in [0, 0.05) is 45.6 Å². The fourth-order valence-corrected chi connectivity index (χ4v) is 8.44. The molecule has 0 radical (unpaired) electrons. The highest BCUT2D eigenvalue weighted by Gasteiger charge is 2.20. The van der Waals surface area contributed by atoms with Gasteiger partial charge in [0.25, 0.3) is 0 Å². The van der Waals surface area contributed by atoms with Gasteiger partial charge in [0.2, 0.25) is 0 Å². The molecule has 0 aliphatic carbocycles. The van der Waals surface area contributed by atoms with Crippen LogP contribution in [-0.4, -0.2) is 113 Å². The normalized spacial score (nSPS) is 14.6. The summed E-state index contributed by atoms with van der Waals surface area (Å²) >= 11 is 12.0. The van der Waals surface area contributed by atoms with E-state index in [1.54, 1.807) is 26.5 Å². The number of aromatic nitrogens is 7. The van der Waals surface area contributed by atoms with Gasteiger partial charge in [-0.05, 0) is 120 Å². The number of phenols is 1. The van der Waals surface area contributed by atoms with Crippen LogP contribution in [0.3, 0.4) is 0 Å². The summed E-state index contributed by atoms with van der Waals surface area (Å²) in [4.78, 5) is 5.68. The molecule has 0 saturated carbocycles. The molecule has 0 spiro atoms. The number of ether oxygens (including phenoxy) is 6. The summed E-state index contributed by atoms with van der Waals surface area (Å²) in [7, 11) is 6.91. The Labute approximate surface area is 397 Å². The summed E-state index contributed by atoms with van der Waals surface area (Å²) in [6, 6.07) is 18.7. The smallest absolute Gasteiger partial charge is 0.163 e. The lowest BCUT2D eigenvalue weighted by Gasteiger charge is -2.28. The van der Waals surface area contributed by atoms with Gasteiger partial charge in [-0.25, -0.2) is 0 Å². The van der Waals surface area contributed by atoms with E-state index in [-0.39, 0.29) is 5.75 Å². The lowest BCUT2D eigenvalue weighted by Crippen LogP contribution is -2.32. The summed E-state index contributed by atoms with van der Waals surface area (Å²) in [5.41, 5.74) is 4.16. The van der Waals surface area contributed by atoms with Crippen molar-refractivity contribution < 1.29 is 33.5 Å². The molecule has 0 amide bonds. The van der Waals surface area contributed by atoms with E-state index in [0.29, 0.717) is 91.5 Å². The summed E-state index contributed by atoms with van der Waals surface area (Å²) < 4.78 is 34.3. The number of methoxy groups -OCH3 is 3. The number of halogens is 2. The van der Waals surface area contributed by atoms with Crippen molar-refractivity contribution in [1.82, 2.24) is 45.8 Å². The molecule has 2 saturated heterocycles. The highest BCUT2D eigenvalue weighted by Crippen LogP contribution is 2.39. The van der Waals surface area contributed by atoms with Crippen LogP contribution >= 0.6 is 23.2 Å². The van der Waals surface area contributed by atoms with Crippen LogP contribution in [0.5, 0.6) is 46.0 Å². The number of likely N-dealkylation sites (tertiary alicyclic amines) is 1. The molecule has 0 unspecified atom stereocenters. The van der Waals surface area contributed by atoms with Crippen molar-refractivity contribution >= 4 is 66.8 Å². The molecule has 2 aliphatic heterocycles. The van der Waals surface area contributed by atoms with Crippen LogP contribution in [0.15, 0.2) is 79.3 Å². The van der Waals surface area contributed by atoms with Gasteiger partial charge >= 0.3 is 0 Å². The number of H-pyrrole nitrogens is 1. The highest BCUT2D eigenvalue weighted by molar-refractivity contribution is 6.35. The number of nitrogens with zero attached hydrogens (tertiary/aromatic N) is 7. The molecule has 10 rings (SSSR count). The number of fused-ring (bicyclic) bond motifs is 4. The third kappa shape index (κ3) is 11.6. The lowest BCUT2D eigenvalue weighted by molar-refractivity contribution is 0.157. The molecule has 2 aliphatic rings. The van der Waals surface area contributed by atoms with Crippen LogP contribution in [0.1, 0.15) is 31.4 Å². The van der Waals surface area contributed by atoms with Gasteiger partial charge < -0.3 is 48.7 Å². The number of piperidine rings is 2. The lowest BCUT2D eigenvalue weighted by atomic mass is 9.98. The van der Waals surface area contributed by atoms with Crippen LogP contribution in [0.4, 0.5) is 0 Å². The van der Waals surface area contributed by atoms with Gasteiger partial charge in [0.05, 0.1) is 79.6 Å². The average molecular weight is 951 g/mol. The number of rotatable bonds is 11. The topological polar surface area (TPSA) is 184 Å². The molecule has 350 valence electrons. The predicted octanol–water partition coefficient (Wildman–Crippen LogP) is 9.61. The number of hydrogen-bond acceptors (Lipinski definition) is 15. The Kier molecular flexibility index (Phi) is 15.4. The maximum atomic E-state index is 9.46. The fourth-order valence-electron chi connectivity index (χ4n) is 8.05. The van der Waals surface area contributed by atoms with Gasteiger partial charge in [0.1, 0.15) is 11.3 Å². The summed E-state index contributed by atoms with van der Waals surface area (Å²) in [5, 5.41) is 41.3. The molecule has 0 atom stereocenters. The van der Waals surface area contributed by atoms with Crippen molar-refractivity contribution in [3.05, 3.63) is 95.0 Å². The number of nitrogens with one attached hydrogen (secondary N) is 2. The van der Waals surface area contributed by atoms with E-state index in [9.17, 15) is 5.11 Å². The zero-order chi connectivity index (χ0) is 46.9. The molecule has 2 fully saturated rings. The van der Waals surface area contributed by atoms with Crippen molar-refractivity contribution in [2.75, 3.05) is 67.8 Å². The standard InChI is InChI=1S/C24H26N4O3.C16H20ClN3O2.C9H7ClN2O2/c1-15-9-17-10-18(3-4-20(17)27-15)31-24-13-26-28-21-12-23(22(29-2)11-19(21)24)30-14-16-5-7-25-8-6-16;1-20-5-3-11(4-6-20)10-22-16-8-14-12(7-15(16)21-2)13(17)9-18-19-14;1-14-9-2-5-6(10)4-11-12-7(5)3-8(9)13/h3-4,9-13,16,25,27H,5-8,14H2,1-2H3;7-9,11H,3-6,10H2,1-2H3;2-4,13H,1H3. The second-order valence-corrected chi connectivity index (χ2v) is 17.4. The van der Waals surface area contributed by atoms with Gasteiger partial charge in [-0.1, -0.05) is 23.2 Å². The first-order chi connectivity index (χ1) is 32.6. The highest BCUT2D eigenvalue weighted by atomic mass is 35.5. The van der Waals surface area contributed by atoms with Crippen molar-refractivity contribution in [2.45, 2.75) is 32.6 Å². The van der Waals surface area contributed by atoms with Gasteiger partial charge in [0.15, 0.2) is 40.2 Å². The molecule has 16 nitrogen and oxygen atoms in total. The first kappa shape index (κ1) is 47.0. The zero-order valence-corrected chi connectivity index (χ0v) is 39.5. The molecule has 4 aromatic carbocycles. The Bertz CT molecular complexity index is 2960. The average Bonchev–Trinajstić information content (AvgIpc) is 3.72. The summed E-state index contributed by atoms with van der Waals surface area (Å²) in [5.74, 6) is 5.62. The van der Waals surface area contributed by atoms with Crippen molar-refractivity contribution in [3.8, 4) is 46.0 Å². The van der Waals surface area contributed by atoms with Crippen molar-refractivity contribution in [3.63, 3.8) is 0 Å². The monoisotopic (exact) mass is 949 g/mol. The van der Waals surface area contributed by atoms with Crippen LogP contribution < -0.4 is 33.7 Å². The number of benzene rings is 4. The Balaban J connectivity index is 0.000000147. The van der Waals surface area contributed by atoms with Gasteiger partial charge in [-0.15, -0.1) is 0 Å². The van der Waals surface area contributed by atoms with Crippen LogP contribution in [0.2, 0.25) is 10.0 Å². The molecule has 18 heteroatoms. The zero-order valence-electron chi connectivity index (χ0n) is 38.0. The molecule has 4 aromatic heterocycles. The Hall–Kier alpha value is -6.46. The van der Waals surface area contributed by atoms with E-state index in [1.165, 1.54) is 25.6 Å². The maximum Gasteiger partial charge on any atom is 0.163 e. The number of hydrogen-bond donors (Lipinski definition) is 3. The van der Waals surface area contributed by atoms with Crippen molar-refractivity contribution in [2.24, 2.45) is 11.8 Å². The predicted molar refractivity (Wildman–Crippen MR) is 260 cm³/mol. The molecule has 0 bridgehead atoms. The minimum absolute atomic E-state index is 0.0246. The fraction of sp³-hybridized carbons (Fsp3) is 0.347. The van der Waals surface area contributed by atoms with Crippen LogP contribution in [0, 0.1) is 18.8 Å². The van der Waals surface area contributed by atoms with Crippen molar-refractivity contribution in [1.29, 1.82) is 0 Å². The first-order valence-corrected chi connectivity index (χ1v) is 22.8. The number of aromatic hydroxyl groups is 1. The molecule has 67 heavy (non-hydrogen) atoms. The largest absolute Gasteiger partial charge is 0.504 e. The SMILES string of the molecule is COc1cc2c(Cl)cnnc2cc1O.COc1cc2c(Cl)cnnc2cc1OCC1CCN(C)CC1.COc1cc2c(Oc3ccc4[nH]c(C)cc4c3)cnnc2cc1OCC1CCNCC1. The van der Waals surface area contributed by atoms with E-state index < -0.39 is 0 Å². The molecule has 8 aromatic rings. The molecule has 3 N–H and O–H groups in total. The minimum Gasteiger partial charge on any atom is -0.504 e. The molecular weight excluding hydrogens is 898 g/mol. The van der Waals surface area contributed by atoms with Crippen LogP contribution in [-0.2, 0) is 0 Å². The van der Waals surface area contributed by atoms with Gasteiger partial charge in [-0.3, -0.25) is 0 Å². The van der Waals surface area contributed by atoms with Gasteiger partial charge in [-0.2, -0.15) is 30.6 Å². The van der Waals surface area contributed by atoms with E-state index >= 15 is 0 Å². The number of aromatic amines is 1. The second kappa shape index (κ2) is 21.9. The van der Waals surface area contributed by atoms with E-state index in [4.69, 9.17) is 51.6 Å². The van der Waals surface area contributed by atoms with E-state index in [1.807, 2.05) is 49.4 Å². The summed E-state index contributed by atoms with van der Waals surface area (Å²) in [6.45, 7) is 7.76. The number of aryl methyl sites for hydroxylation is 1. The Morgan fingerprint density at radius 1 is 0.627 bits per heavy atom. The second-order valence-electron chi connectivity index (χ2n) is 16.5. The molecular formula is C49H53Cl2N9O7.